The summed E-state index contributed by atoms with van der Waals surface area (Å²) in [7, 11) is 0. The van der Waals surface area contributed by atoms with Gasteiger partial charge < -0.3 is 9.47 Å². The van der Waals surface area contributed by atoms with Crippen LogP contribution >= 0.6 is 11.3 Å². The lowest BCUT2D eigenvalue weighted by atomic mass is 10.0. The third kappa shape index (κ3) is 4.86. The Morgan fingerprint density at radius 3 is 1.81 bits per heavy atom. The highest BCUT2D eigenvalue weighted by molar-refractivity contribution is 7.26. The Bertz CT molecular complexity index is 3160. The molecule has 0 atom stereocenters. The Hall–Kier alpha value is -6.68. The van der Waals surface area contributed by atoms with E-state index in [2.05, 4.69) is 204 Å². The average Bonchev–Trinajstić information content (AvgIpc) is 3.76. The predicted octanol–water partition coefficient (Wildman–Crippen LogP) is 14.6. The second-order valence-electron chi connectivity index (χ2n) is 13.8. The molecule has 2 heterocycles. The number of hydrogen-bond donors (Lipinski definition) is 0. The number of anilines is 3. The van der Waals surface area contributed by atoms with Gasteiger partial charge in [-0.2, -0.15) is 0 Å². The van der Waals surface area contributed by atoms with Crippen molar-refractivity contribution < 1.29 is 0 Å². The number of benzene rings is 9. The second-order valence-corrected chi connectivity index (χ2v) is 14.9. The van der Waals surface area contributed by atoms with Crippen molar-refractivity contribution in [3.05, 3.63) is 194 Å². The van der Waals surface area contributed by atoms with Crippen LogP contribution < -0.4 is 4.90 Å². The first-order chi connectivity index (χ1) is 26.3. The molecule has 0 fully saturated rings. The highest BCUT2D eigenvalue weighted by atomic mass is 32.1. The molecular weight excluding hydrogens is 661 g/mol. The van der Waals surface area contributed by atoms with Crippen LogP contribution in [0.25, 0.3) is 80.3 Å². The Labute approximate surface area is 311 Å². The van der Waals surface area contributed by atoms with Crippen molar-refractivity contribution in [3.8, 4) is 16.8 Å². The van der Waals surface area contributed by atoms with Gasteiger partial charge in [-0.15, -0.1) is 11.3 Å². The Balaban J connectivity index is 1.12. The Morgan fingerprint density at radius 1 is 0.358 bits per heavy atom. The molecular formula is C50H32N2S. The van der Waals surface area contributed by atoms with E-state index in [-0.39, 0.29) is 0 Å². The van der Waals surface area contributed by atoms with Crippen molar-refractivity contribution in [1.82, 2.24) is 4.57 Å². The van der Waals surface area contributed by atoms with E-state index in [4.69, 9.17) is 0 Å². The van der Waals surface area contributed by atoms with Crippen LogP contribution in [0.1, 0.15) is 0 Å². The molecule has 0 saturated carbocycles. The van der Waals surface area contributed by atoms with E-state index in [1.165, 1.54) is 74.6 Å². The van der Waals surface area contributed by atoms with E-state index in [0.717, 1.165) is 22.7 Å². The van der Waals surface area contributed by atoms with Crippen LogP contribution in [0.3, 0.4) is 0 Å². The van der Waals surface area contributed by atoms with Crippen molar-refractivity contribution in [3.63, 3.8) is 0 Å². The van der Waals surface area contributed by atoms with Crippen LogP contribution in [-0.4, -0.2) is 4.57 Å². The minimum absolute atomic E-state index is 1.13. The third-order valence-corrected chi connectivity index (χ3v) is 11.8. The molecule has 0 aliphatic heterocycles. The maximum Gasteiger partial charge on any atom is 0.0547 e. The molecule has 0 N–H and O–H groups in total. The van der Waals surface area contributed by atoms with Crippen molar-refractivity contribution in [2.24, 2.45) is 0 Å². The van der Waals surface area contributed by atoms with Gasteiger partial charge in [-0.05, 0) is 105 Å². The number of fused-ring (bicyclic) bond motifs is 9. The quantitative estimate of drug-likeness (QED) is 0.174. The number of rotatable bonds is 5. The molecule has 11 rings (SSSR count). The zero-order valence-electron chi connectivity index (χ0n) is 28.8. The van der Waals surface area contributed by atoms with E-state index < -0.39 is 0 Å². The second kappa shape index (κ2) is 11.9. The number of aromatic nitrogens is 1. The Morgan fingerprint density at radius 2 is 1.00 bits per heavy atom. The molecule has 0 radical (unpaired) electrons. The topological polar surface area (TPSA) is 8.17 Å². The van der Waals surface area contributed by atoms with Gasteiger partial charge in [-0.25, -0.2) is 0 Å². The van der Waals surface area contributed by atoms with Crippen LogP contribution in [0.4, 0.5) is 17.1 Å². The molecule has 0 saturated heterocycles. The van der Waals surface area contributed by atoms with E-state index in [9.17, 15) is 0 Å². The summed E-state index contributed by atoms with van der Waals surface area (Å²) in [5.74, 6) is 0. The predicted molar refractivity (Wildman–Crippen MR) is 229 cm³/mol. The van der Waals surface area contributed by atoms with Gasteiger partial charge in [0, 0.05) is 53.7 Å². The van der Waals surface area contributed by atoms with E-state index in [1.807, 2.05) is 11.3 Å². The van der Waals surface area contributed by atoms with Gasteiger partial charge in [0.1, 0.15) is 0 Å². The van der Waals surface area contributed by atoms with E-state index >= 15 is 0 Å². The highest BCUT2D eigenvalue weighted by Crippen LogP contribution is 2.44. The lowest BCUT2D eigenvalue weighted by molar-refractivity contribution is 1.18. The summed E-state index contributed by atoms with van der Waals surface area (Å²) >= 11 is 1.87. The summed E-state index contributed by atoms with van der Waals surface area (Å²) in [6.45, 7) is 0. The van der Waals surface area contributed by atoms with Crippen molar-refractivity contribution in [1.29, 1.82) is 0 Å². The standard InChI is InChI=1S/C50H32N2S/c1-3-11-33(12-4-1)34-19-22-39(23-20-34)52-46-27-25-40(31-45(46)44-29-36-14-7-8-15-37(36)30-47(44)52)51(38-16-5-2-6-17-38)41-24-26-43-49(32-41)53-48-28-21-35-13-9-10-18-42(35)50(43)48/h1-32H. The molecule has 0 aliphatic carbocycles. The van der Waals surface area contributed by atoms with Crippen molar-refractivity contribution in [2.75, 3.05) is 4.90 Å². The molecule has 53 heavy (non-hydrogen) atoms. The Kier molecular flexibility index (Phi) is 6.76. The SMILES string of the molecule is c1ccc(-c2ccc(-n3c4ccc(N(c5ccccc5)c5ccc6c(c5)sc5ccc7ccccc7c56)cc4c4cc5ccccc5cc43)cc2)cc1. The summed E-state index contributed by atoms with van der Waals surface area (Å²) in [6, 6.07) is 71.0. The number of hydrogen-bond acceptors (Lipinski definition) is 2. The average molecular weight is 693 g/mol. The smallest absolute Gasteiger partial charge is 0.0547 e. The molecule has 0 spiro atoms. The normalized spacial score (nSPS) is 11.8. The fraction of sp³-hybridized carbons (Fsp3) is 0. The lowest BCUT2D eigenvalue weighted by Gasteiger charge is -2.25. The third-order valence-electron chi connectivity index (χ3n) is 10.7. The molecule has 2 nitrogen and oxygen atoms in total. The maximum absolute atomic E-state index is 2.43. The summed E-state index contributed by atoms with van der Waals surface area (Å²) in [5, 5.41) is 10.2. The molecule has 248 valence electrons. The molecule has 0 bridgehead atoms. The molecule has 0 unspecified atom stereocenters. The van der Waals surface area contributed by atoms with Crippen LogP contribution in [0.2, 0.25) is 0 Å². The zero-order valence-corrected chi connectivity index (χ0v) is 29.6. The van der Waals surface area contributed by atoms with Gasteiger partial charge >= 0.3 is 0 Å². The fourth-order valence-electron chi connectivity index (χ4n) is 8.24. The number of para-hydroxylation sites is 1. The van der Waals surface area contributed by atoms with Crippen LogP contribution in [0.15, 0.2) is 194 Å². The van der Waals surface area contributed by atoms with E-state index in [1.54, 1.807) is 0 Å². The summed E-state index contributed by atoms with van der Waals surface area (Å²) in [4.78, 5) is 2.40. The molecule has 3 heteroatoms. The summed E-state index contributed by atoms with van der Waals surface area (Å²) in [6.07, 6.45) is 0. The monoisotopic (exact) mass is 692 g/mol. The first-order valence-corrected chi connectivity index (χ1v) is 18.9. The van der Waals surface area contributed by atoms with Crippen LogP contribution in [0.5, 0.6) is 0 Å². The number of thiophene rings is 1. The van der Waals surface area contributed by atoms with Gasteiger partial charge in [0.15, 0.2) is 0 Å². The van der Waals surface area contributed by atoms with Gasteiger partial charge in [0.05, 0.1) is 11.0 Å². The maximum atomic E-state index is 2.43. The van der Waals surface area contributed by atoms with Crippen molar-refractivity contribution in [2.45, 2.75) is 0 Å². The largest absolute Gasteiger partial charge is 0.310 e. The molecule has 9 aromatic carbocycles. The van der Waals surface area contributed by atoms with Gasteiger partial charge in [0.2, 0.25) is 0 Å². The summed E-state index contributed by atoms with van der Waals surface area (Å²) < 4.78 is 5.04. The van der Waals surface area contributed by atoms with Crippen molar-refractivity contribution >= 4 is 91.9 Å². The highest BCUT2D eigenvalue weighted by Gasteiger charge is 2.19. The molecule has 2 aromatic heterocycles. The lowest BCUT2D eigenvalue weighted by Crippen LogP contribution is -2.09. The van der Waals surface area contributed by atoms with E-state index in [0.29, 0.717) is 0 Å². The number of nitrogens with zero attached hydrogens (tertiary/aromatic N) is 2. The minimum atomic E-state index is 1.13. The molecule has 11 aromatic rings. The van der Waals surface area contributed by atoms with Crippen LogP contribution in [-0.2, 0) is 0 Å². The molecule has 0 aliphatic rings. The summed E-state index contributed by atoms with van der Waals surface area (Å²) in [5.41, 5.74) is 9.37. The fourth-order valence-corrected chi connectivity index (χ4v) is 9.40. The zero-order chi connectivity index (χ0) is 34.9. The first kappa shape index (κ1) is 30.0. The molecule has 0 amide bonds. The van der Waals surface area contributed by atoms with Gasteiger partial charge in [-0.3, -0.25) is 0 Å². The van der Waals surface area contributed by atoms with Crippen LogP contribution in [0, 0.1) is 0 Å². The first-order valence-electron chi connectivity index (χ1n) is 18.1. The van der Waals surface area contributed by atoms with Gasteiger partial charge in [-0.1, -0.05) is 121 Å². The van der Waals surface area contributed by atoms with Gasteiger partial charge in [0.25, 0.3) is 0 Å². The minimum Gasteiger partial charge on any atom is -0.310 e.